The SMILES string of the molecule is O=C1C(C2=N[C@@H](C(=O)O)[C@@H]3C(=O)N(c4cccc(C(F)(F)F)c4)C(=O)[C@@H]23)=C(O)c2ccccc21. The van der Waals surface area contributed by atoms with Gasteiger partial charge in [-0.15, -0.1) is 0 Å². The Balaban J connectivity index is 1.62. The number of imide groups is 1. The number of halogens is 3. The Kier molecular flexibility index (Phi) is 4.51. The number of fused-ring (bicyclic) bond motifs is 2. The van der Waals surface area contributed by atoms with Gasteiger partial charge in [-0.3, -0.25) is 19.4 Å². The van der Waals surface area contributed by atoms with E-state index in [1.165, 1.54) is 12.1 Å². The maximum absolute atomic E-state index is 13.3. The second-order valence-electron chi connectivity index (χ2n) is 7.96. The summed E-state index contributed by atoms with van der Waals surface area (Å²) in [5.41, 5.74) is -1.99. The van der Waals surface area contributed by atoms with Crippen LogP contribution in [-0.2, 0) is 20.6 Å². The molecule has 2 aliphatic heterocycles. The van der Waals surface area contributed by atoms with Crippen LogP contribution in [-0.4, -0.2) is 45.5 Å². The number of allylic oxidation sites excluding steroid dienone is 1. The van der Waals surface area contributed by atoms with E-state index in [2.05, 4.69) is 4.99 Å². The van der Waals surface area contributed by atoms with E-state index in [9.17, 15) is 42.6 Å². The van der Waals surface area contributed by atoms with Crippen molar-refractivity contribution in [3.05, 3.63) is 70.8 Å². The lowest BCUT2D eigenvalue weighted by Gasteiger charge is -2.18. The van der Waals surface area contributed by atoms with Crippen LogP contribution in [0.2, 0.25) is 0 Å². The highest BCUT2D eigenvalue weighted by Crippen LogP contribution is 2.44. The van der Waals surface area contributed by atoms with Gasteiger partial charge in [-0.25, -0.2) is 9.69 Å². The van der Waals surface area contributed by atoms with Crippen molar-refractivity contribution in [1.82, 2.24) is 0 Å². The number of hydrogen-bond acceptors (Lipinski definition) is 6. The van der Waals surface area contributed by atoms with E-state index in [0.29, 0.717) is 11.0 Å². The lowest BCUT2D eigenvalue weighted by Crippen LogP contribution is -2.36. The molecule has 3 atom stereocenters. The topological polar surface area (TPSA) is 124 Å². The molecule has 2 amide bonds. The molecule has 2 aromatic carbocycles. The minimum atomic E-state index is -4.74. The molecule has 3 aliphatic rings. The van der Waals surface area contributed by atoms with Gasteiger partial charge in [-0.05, 0) is 18.2 Å². The number of amides is 2. The number of alkyl halides is 3. The lowest BCUT2D eigenvalue weighted by atomic mass is 9.85. The van der Waals surface area contributed by atoms with Gasteiger partial charge in [-0.1, -0.05) is 30.3 Å². The number of carbonyl (C=O) groups excluding carboxylic acids is 3. The zero-order valence-electron chi connectivity index (χ0n) is 16.9. The molecular weight excluding hydrogens is 457 g/mol. The molecular formula is C23H13F3N2O6. The van der Waals surface area contributed by atoms with Gasteiger partial charge in [0.1, 0.15) is 5.76 Å². The summed E-state index contributed by atoms with van der Waals surface area (Å²) in [7, 11) is 0. The first-order chi connectivity index (χ1) is 16.0. The number of carboxylic acid groups (broad SMARTS) is 1. The molecule has 1 saturated heterocycles. The average Bonchev–Trinajstić information content (AvgIpc) is 3.38. The van der Waals surface area contributed by atoms with Crippen LogP contribution in [0.25, 0.3) is 5.76 Å². The Morgan fingerprint density at radius 1 is 0.971 bits per heavy atom. The molecule has 1 fully saturated rings. The summed E-state index contributed by atoms with van der Waals surface area (Å²) >= 11 is 0. The molecule has 34 heavy (non-hydrogen) atoms. The van der Waals surface area contributed by atoms with Crippen molar-refractivity contribution in [2.45, 2.75) is 12.2 Å². The standard InChI is InChI=1S/C23H13F3N2O6/c24-23(25,26)9-4-3-5-10(8-9)28-20(31)13-14(21(28)32)17(22(33)34)27-16(13)15-18(29)11-6-1-2-7-12(11)19(15)30/h1-8,13-14,17,29H,(H,33,34)/t13-,14-,17-/m1/s1. The highest BCUT2D eigenvalue weighted by molar-refractivity contribution is 6.42. The number of Topliss-reactive ketones (excluding diaryl/α,β-unsaturated/α-hetero) is 1. The number of carboxylic acids is 1. The number of anilines is 1. The Labute approximate surface area is 188 Å². The van der Waals surface area contributed by atoms with Crippen LogP contribution in [0.5, 0.6) is 0 Å². The van der Waals surface area contributed by atoms with E-state index >= 15 is 0 Å². The Morgan fingerprint density at radius 3 is 2.26 bits per heavy atom. The molecule has 1 aliphatic carbocycles. The Bertz CT molecular complexity index is 1380. The van der Waals surface area contributed by atoms with Gasteiger partial charge >= 0.3 is 12.1 Å². The van der Waals surface area contributed by atoms with Crippen molar-refractivity contribution in [3.8, 4) is 0 Å². The zero-order valence-corrected chi connectivity index (χ0v) is 16.9. The summed E-state index contributed by atoms with van der Waals surface area (Å²) < 4.78 is 39.5. The summed E-state index contributed by atoms with van der Waals surface area (Å²) in [4.78, 5) is 55.7. The third-order valence-electron chi connectivity index (χ3n) is 6.10. The third kappa shape index (κ3) is 2.89. The molecule has 5 rings (SSSR count). The van der Waals surface area contributed by atoms with Crippen LogP contribution in [0.15, 0.2) is 59.1 Å². The fourth-order valence-electron chi connectivity index (χ4n) is 4.61. The molecule has 0 saturated carbocycles. The molecule has 8 nitrogen and oxygen atoms in total. The summed E-state index contributed by atoms with van der Waals surface area (Å²) in [6, 6.07) is 7.73. The predicted octanol–water partition coefficient (Wildman–Crippen LogP) is 2.88. The quantitative estimate of drug-likeness (QED) is 0.665. The van der Waals surface area contributed by atoms with Crippen LogP contribution in [0.3, 0.4) is 0 Å². The van der Waals surface area contributed by atoms with E-state index in [-0.39, 0.29) is 22.5 Å². The highest BCUT2D eigenvalue weighted by Gasteiger charge is 2.61. The molecule has 0 bridgehead atoms. The van der Waals surface area contributed by atoms with Crippen LogP contribution >= 0.6 is 0 Å². The number of aliphatic hydroxyl groups is 1. The van der Waals surface area contributed by atoms with Gasteiger partial charge in [0.05, 0.1) is 34.4 Å². The van der Waals surface area contributed by atoms with Gasteiger partial charge in [0.25, 0.3) is 0 Å². The normalized spacial score (nSPS) is 24.0. The largest absolute Gasteiger partial charge is 0.506 e. The van der Waals surface area contributed by atoms with Gasteiger partial charge in [0.2, 0.25) is 11.8 Å². The summed E-state index contributed by atoms with van der Waals surface area (Å²) in [5, 5.41) is 20.3. The van der Waals surface area contributed by atoms with E-state index < -0.39 is 64.5 Å². The number of aliphatic hydroxyl groups excluding tert-OH is 1. The first-order valence-corrected chi connectivity index (χ1v) is 9.95. The van der Waals surface area contributed by atoms with Gasteiger partial charge < -0.3 is 10.2 Å². The number of benzene rings is 2. The monoisotopic (exact) mass is 470 g/mol. The number of aliphatic imine (C=N–C) groups is 1. The number of aliphatic carboxylic acids is 1. The van der Waals surface area contributed by atoms with E-state index in [1.54, 1.807) is 12.1 Å². The van der Waals surface area contributed by atoms with Crippen molar-refractivity contribution in [3.63, 3.8) is 0 Å². The molecule has 0 unspecified atom stereocenters. The third-order valence-corrected chi connectivity index (χ3v) is 6.10. The number of hydrogen-bond donors (Lipinski definition) is 2. The molecule has 2 N–H and O–H groups in total. The van der Waals surface area contributed by atoms with Crippen LogP contribution < -0.4 is 4.90 Å². The maximum atomic E-state index is 13.3. The van der Waals surface area contributed by atoms with Crippen LogP contribution in [0.1, 0.15) is 21.5 Å². The highest BCUT2D eigenvalue weighted by atomic mass is 19.4. The molecule has 2 heterocycles. The zero-order chi connectivity index (χ0) is 24.5. The number of carbonyl (C=O) groups is 4. The number of nitrogens with zero attached hydrogens (tertiary/aromatic N) is 2. The van der Waals surface area contributed by atoms with Crippen molar-refractivity contribution < 1.29 is 42.6 Å². The minimum Gasteiger partial charge on any atom is -0.506 e. The second kappa shape index (κ2) is 7.11. The Hall–Kier alpha value is -4.28. The van der Waals surface area contributed by atoms with E-state index in [4.69, 9.17) is 0 Å². The van der Waals surface area contributed by atoms with Crippen molar-refractivity contribution in [2.75, 3.05) is 4.90 Å². The maximum Gasteiger partial charge on any atom is 0.416 e. The fraction of sp³-hybridized carbons (Fsp3) is 0.174. The van der Waals surface area contributed by atoms with Crippen molar-refractivity contribution in [2.24, 2.45) is 16.8 Å². The van der Waals surface area contributed by atoms with Gasteiger partial charge in [-0.2, -0.15) is 13.2 Å². The van der Waals surface area contributed by atoms with Crippen LogP contribution in [0, 0.1) is 11.8 Å². The van der Waals surface area contributed by atoms with Crippen molar-refractivity contribution >= 4 is 40.7 Å². The average molecular weight is 470 g/mol. The fourth-order valence-corrected chi connectivity index (χ4v) is 4.61. The van der Waals surface area contributed by atoms with Crippen molar-refractivity contribution in [1.29, 1.82) is 0 Å². The summed E-state index contributed by atoms with van der Waals surface area (Å²) in [5.74, 6) is -7.98. The molecule has 11 heteroatoms. The first-order valence-electron chi connectivity index (χ1n) is 9.95. The lowest BCUT2D eigenvalue weighted by molar-refractivity contribution is -0.141. The molecule has 0 radical (unpaired) electrons. The molecule has 0 spiro atoms. The van der Waals surface area contributed by atoms with Gasteiger partial charge in [0.15, 0.2) is 11.8 Å². The van der Waals surface area contributed by atoms with Gasteiger partial charge in [0, 0.05) is 11.1 Å². The summed E-state index contributed by atoms with van der Waals surface area (Å²) in [6.45, 7) is 0. The van der Waals surface area contributed by atoms with E-state index in [1.807, 2.05) is 0 Å². The molecule has 2 aromatic rings. The van der Waals surface area contributed by atoms with Crippen LogP contribution in [0.4, 0.5) is 18.9 Å². The molecule has 0 aromatic heterocycles. The van der Waals surface area contributed by atoms with E-state index in [0.717, 1.165) is 18.2 Å². The predicted molar refractivity (Wildman–Crippen MR) is 110 cm³/mol. The first kappa shape index (κ1) is 21.6. The minimum absolute atomic E-state index is 0.111. The number of ketones is 1. The number of rotatable bonds is 3. The second-order valence-corrected chi connectivity index (χ2v) is 7.96. The Morgan fingerprint density at radius 2 is 1.65 bits per heavy atom. The summed E-state index contributed by atoms with van der Waals surface area (Å²) in [6.07, 6.45) is -4.74. The smallest absolute Gasteiger partial charge is 0.416 e. The molecule has 172 valence electrons.